The number of rotatable bonds is 1. The van der Waals surface area contributed by atoms with Gasteiger partial charge in [-0.15, -0.1) is 11.6 Å². The minimum atomic E-state index is -3.84. The van der Waals surface area contributed by atoms with Crippen molar-refractivity contribution in [3.63, 3.8) is 0 Å². The van der Waals surface area contributed by atoms with Crippen molar-refractivity contribution in [2.45, 2.75) is 5.38 Å². The van der Waals surface area contributed by atoms with Crippen LogP contribution in [0, 0.1) is 5.41 Å². The van der Waals surface area contributed by atoms with E-state index in [2.05, 4.69) is 4.99 Å². The Balaban J connectivity index is 3.63. The second-order valence-corrected chi connectivity index (χ2v) is 8.10. The average Bonchev–Trinajstić information content (AvgIpc) is 2.10. The fraction of sp³-hybridized carbons (Fsp3) is 0.429. The number of hydrogen-bond donors (Lipinski definition) is 1. The van der Waals surface area contributed by atoms with Crippen LogP contribution in [-0.4, -0.2) is 45.5 Å². The van der Waals surface area contributed by atoms with E-state index in [0.29, 0.717) is 0 Å². The summed E-state index contributed by atoms with van der Waals surface area (Å²) in [4.78, 5) is 3.42. The van der Waals surface area contributed by atoms with Crippen molar-refractivity contribution in [2.24, 2.45) is 4.99 Å². The van der Waals surface area contributed by atoms with Crippen LogP contribution in [0.5, 0.6) is 0 Å². The molecule has 0 bridgehead atoms. The number of hydrogen-bond acceptors (Lipinski definition) is 6. The van der Waals surface area contributed by atoms with E-state index in [-0.39, 0.29) is 5.03 Å². The van der Waals surface area contributed by atoms with E-state index in [1.165, 1.54) is 0 Å². The van der Waals surface area contributed by atoms with Gasteiger partial charge in [0, 0.05) is 12.5 Å². The van der Waals surface area contributed by atoms with Crippen LogP contribution in [0.1, 0.15) is 0 Å². The van der Waals surface area contributed by atoms with Gasteiger partial charge in [0.2, 0.25) is 0 Å². The molecule has 1 unspecified atom stereocenters. The van der Waals surface area contributed by atoms with Gasteiger partial charge >= 0.3 is 0 Å². The Bertz CT molecular complexity index is 645. The lowest BCUT2D eigenvalue weighted by molar-refractivity contribution is 0.607. The fourth-order valence-electron chi connectivity index (χ4n) is 1.09. The molecule has 0 aromatic heterocycles. The molecule has 1 N–H and O–H groups in total. The topological polar surface area (TPSA) is 104 Å². The molecule has 96 valence electrons. The number of aliphatic imine (C=N–C) groups is 1. The van der Waals surface area contributed by atoms with E-state index < -0.39 is 40.8 Å². The average molecular weight is 319 g/mol. The van der Waals surface area contributed by atoms with Gasteiger partial charge in [0.15, 0.2) is 29.7 Å². The molecule has 0 aliphatic carbocycles. The van der Waals surface area contributed by atoms with Crippen molar-refractivity contribution < 1.29 is 16.8 Å². The number of alkyl halides is 1. The van der Waals surface area contributed by atoms with Gasteiger partial charge in [0.25, 0.3) is 0 Å². The Morgan fingerprint density at radius 3 is 2.00 bits per heavy atom. The normalized spacial score (nSPS) is 22.7. The lowest BCUT2D eigenvalue weighted by Crippen LogP contribution is -2.34. The molecule has 1 aliphatic heterocycles. The van der Waals surface area contributed by atoms with Gasteiger partial charge in [0.05, 0.1) is 10.7 Å². The first-order valence-electron chi connectivity index (χ1n) is 4.07. The maximum Gasteiger partial charge on any atom is 0.194 e. The summed E-state index contributed by atoms with van der Waals surface area (Å²) in [6.07, 6.45) is 1.63. The standard InChI is InChI=1S/C7H8Cl2N2O4S2/c1-16(12,13)6-4(9)3(8)5(10)7(11-6)17(2,14)15/h3,10H,1-2H3. The van der Waals surface area contributed by atoms with Gasteiger partial charge in [-0.2, -0.15) is 0 Å². The molecule has 17 heavy (non-hydrogen) atoms. The highest BCUT2D eigenvalue weighted by atomic mass is 35.5. The molecular formula is C7H8Cl2N2O4S2. The van der Waals surface area contributed by atoms with Gasteiger partial charge in [-0.05, 0) is 0 Å². The summed E-state index contributed by atoms with van der Waals surface area (Å²) in [7, 11) is -7.65. The SMILES string of the molecule is CS(=O)(=O)C1=NC(S(C)(=O)=O)=C(Cl)C(Cl)C1=N. The predicted octanol–water partition coefficient (Wildman–Crippen LogP) is 0.523. The van der Waals surface area contributed by atoms with Crippen LogP contribution in [0.15, 0.2) is 15.1 Å². The molecule has 0 saturated carbocycles. The third-order valence-electron chi connectivity index (χ3n) is 1.82. The first-order chi connectivity index (χ1) is 7.46. The van der Waals surface area contributed by atoms with Gasteiger partial charge in [-0.25, -0.2) is 21.8 Å². The second kappa shape index (κ2) is 4.34. The number of sulfone groups is 2. The highest BCUT2D eigenvalue weighted by Gasteiger charge is 2.36. The monoisotopic (exact) mass is 318 g/mol. The number of nitrogens with one attached hydrogen (secondary N) is 1. The van der Waals surface area contributed by atoms with Gasteiger partial charge < -0.3 is 5.41 Å². The molecule has 0 fully saturated rings. The minimum absolute atomic E-state index is 0.369. The van der Waals surface area contributed by atoms with E-state index >= 15 is 0 Å². The van der Waals surface area contributed by atoms with Crippen molar-refractivity contribution in [2.75, 3.05) is 12.5 Å². The van der Waals surface area contributed by atoms with Crippen molar-refractivity contribution in [3.8, 4) is 0 Å². The van der Waals surface area contributed by atoms with Crippen LogP contribution in [0.3, 0.4) is 0 Å². The maximum absolute atomic E-state index is 11.3. The van der Waals surface area contributed by atoms with Crippen molar-refractivity contribution in [1.29, 1.82) is 5.41 Å². The zero-order valence-electron chi connectivity index (χ0n) is 8.73. The Kier molecular flexibility index (Phi) is 3.73. The van der Waals surface area contributed by atoms with E-state index in [4.69, 9.17) is 28.6 Å². The van der Waals surface area contributed by atoms with Crippen LogP contribution in [0.2, 0.25) is 0 Å². The zero-order valence-corrected chi connectivity index (χ0v) is 11.9. The Morgan fingerprint density at radius 1 is 1.18 bits per heavy atom. The molecule has 6 nitrogen and oxygen atoms in total. The molecule has 1 aliphatic rings. The number of allylic oxidation sites excluding steroid dienone is 1. The molecule has 1 heterocycles. The maximum atomic E-state index is 11.3. The molecule has 0 amide bonds. The van der Waals surface area contributed by atoms with Gasteiger partial charge in [0.1, 0.15) is 5.38 Å². The second-order valence-electron chi connectivity index (χ2n) is 3.39. The summed E-state index contributed by atoms with van der Waals surface area (Å²) in [5.74, 6) is 0. The minimum Gasteiger partial charge on any atom is -0.300 e. The summed E-state index contributed by atoms with van der Waals surface area (Å²) in [5, 5.41) is 4.48. The van der Waals surface area contributed by atoms with E-state index in [0.717, 1.165) is 12.5 Å². The molecule has 1 atom stereocenters. The zero-order chi connectivity index (χ0) is 13.6. The summed E-state index contributed by atoms with van der Waals surface area (Å²) in [6, 6.07) is 0. The molecule has 0 saturated heterocycles. The number of halogens is 2. The van der Waals surface area contributed by atoms with Crippen molar-refractivity contribution in [1.82, 2.24) is 0 Å². The van der Waals surface area contributed by atoms with Crippen molar-refractivity contribution in [3.05, 3.63) is 10.1 Å². The van der Waals surface area contributed by atoms with E-state index in [9.17, 15) is 16.8 Å². The molecule has 10 heteroatoms. The quantitative estimate of drug-likeness (QED) is 0.711. The first-order valence-corrected chi connectivity index (χ1v) is 8.67. The van der Waals surface area contributed by atoms with Gasteiger partial charge in [-0.3, -0.25) is 0 Å². The molecule has 0 spiro atoms. The molecule has 0 aromatic rings. The van der Waals surface area contributed by atoms with Crippen LogP contribution < -0.4 is 0 Å². The summed E-state index contributed by atoms with van der Waals surface area (Å²) >= 11 is 11.3. The third-order valence-corrected chi connectivity index (χ3v) is 4.90. The third kappa shape index (κ3) is 2.87. The number of nitrogens with zero attached hydrogens (tertiary/aromatic N) is 1. The Morgan fingerprint density at radius 2 is 1.65 bits per heavy atom. The molecule has 0 aromatic carbocycles. The lowest BCUT2D eigenvalue weighted by atomic mass is 10.2. The predicted molar refractivity (Wildman–Crippen MR) is 67.4 cm³/mol. The summed E-state index contributed by atoms with van der Waals surface area (Å²) in [5.41, 5.74) is -0.536. The molecular weight excluding hydrogens is 311 g/mol. The van der Waals surface area contributed by atoms with E-state index in [1.54, 1.807) is 0 Å². The molecule has 1 rings (SSSR count). The lowest BCUT2D eigenvalue weighted by Gasteiger charge is -2.18. The Hall–Kier alpha value is -0.440. The Labute approximate surface area is 109 Å². The smallest absolute Gasteiger partial charge is 0.194 e. The van der Waals surface area contributed by atoms with Gasteiger partial charge in [-0.1, -0.05) is 11.6 Å². The van der Waals surface area contributed by atoms with E-state index in [1.807, 2.05) is 0 Å². The van der Waals surface area contributed by atoms with Crippen LogP contribution in [-0.2, 0) is 19.7 Å². The summed E-state index contributed by atoms with van der Waals surface area (Å²) in [6.45, 7) is 0. The largest absolute Gasteiger partial charge is 0.300 e. The van der Waals surface area contributed by atoms with Crippen LogP contribution in [0.4, 0.5) is 0 Å². The van der Waals surface area contributed by atoms with Crippen LogP contribution in [0.25, 0.3) is 0 Å². The molecule has 0 radical (unpaired) electrons. The first kappa shape index (κ1) is 14.6. The van der Waals surface area contributed by atoms with Crippen molar-refractivity contribution >= 4 is 53.6 Å². The fourth-order valence-corrected chi connectivity index (χ4v) is 3.56. The highest BCUT2D eigenvalue weighted by Crippen LogP contribution is 2.29. The van der Waals surface area contributed by atoms with Crippen LogP contribution >= 0.6 is 23.2 Å². The highest BCUT2D eigenvalue weighted by molar-refractivity contribution is 8.08. The summed E-state index contributed by atoms with van der Waals surface area (Å²) < 4.78 is 45.4.